The first-order valence-corrected chi connectivity index (χ1v) is 5.66. The van der Waals surface area contributed by atoms with Gasteiger partial charge in [0.2, 0.25) is 0 Å². The summed E-state index contributed by atoms with van der Waals surface area (Å²) in [4.78, 5) is 12.4. The van der Waals surface area contributed by atoms with Gasteiger partial charge < -0.3 is 10.2 Å². The lowest BCUT2D eigenvalue weighted by atomic mass is 10.0. The molecule has 2 N–H and O–H groups in total. The minimum absolute atomic E-state index is 0.00969. The third kappa shape index (κ3) is 4.08. The Hall–Kier alpha value is -1.86. The number of aliphatic hydroxyl groups is 2. The highest BCUT2D eigenvalue weighted by Gasteiger charge is 2.21. The van der Waals surface area contributed by atoms with E-state index in [-0.39, 0.29) is 29.2 Å². The summed E-state index contributed by atoms with van der Waals surface area (Å²) in [7, 11) is 0. The second-order valence-corrected chi connectivity index (χ2v) is 4.13. The molecule has 0 aliphatic carbocycles. The highest BCUT2D eigenvalue weighted by Crippen LogP contribution is 2.29. The van der Waals surface area contributed by atoms with Crippen molar-refractivity contribution in [3.05, 3.63) is 49.3 Å². The Balaban J connectivity index is 2.84. The van der Waals surface area contributed by atoms with Gasteiger partial charge in [-0.25, -0.2) is 0 Å². The van der Waals surface area contributed by atoms with Crippen molar-refractivity contribution < 1.29 is 15.1 Å². The Bertz CT molecular complexity index is 518. The molecule has 0 heterocycles. The lowest BCUT2D eigenvalue weighted by Crippen LogP contribution is -2.19. The van der Waals surface area contributed by atoms with Crippen molar-refractivity contribution in [3.8, 4) is 0 Å². The highest BCUT2D eigenvalue weighted by molar-refractivity contribution is 6.31. The quantitative estimate of drug-likeness (QED) is 0.273. The van der Waals surface area contributed by atoms with E-state index in [1.165, 1.54) is 12.1 Å². The van der Waals surface area contributed by atoms with Crippen molar-refractivity contribution in [3.63, 3.8) is 0 Å². The molecule has 0 fully saturated rings. The van der Waals surface area contributed by atoms with Gasteiger partial charge >= 0.3 is 0 Å². The third-order valence-electron chi connectivity index (χ3n) is 2.47. The van der Waals surface area contributed by atoms with Gasteiger partial charge in [-0.05, 0) is 18.0 Å². The van der Waals surface area contributed by atoms with Crippen LogP contribution in [0.3, 0.4) is 0 Å². The molecule has 0 saturated carbocycles. The summed E-state index contributed by atoms with van der Waals surface area (Å²) >= 11 is 5.82. The van der Waals surface area contributed by atoms with Crippen molar-refractivity contribution >= 4 is 17.3 Å². The summed E-state index contributed by atoms with van der Waals surface area (Å²) in [6.45, 7) is 0.0271. The van der Waals surface area contributed by atoms with E-state index in [9.17, 15) is 20.3 Å². The minimum atomic E-state index is -1.30. The fourth-order valence-corrected chi connectivity index (χ4v) is 1.76. The topological polar surface area (TPSA) is 132 Å². The van der Waals surface area contributed by atoms with Crippen molar-refractivity contribution in [2.24, 2.45) is 5.11 Å². The van der Waals surface area contributed by atoms with Crippen LogP contribution < -0.4 is 0 Å². The van der Waals surface area contributed by atoms with Crippen LogP contribution >= 0.6 is 11.6 Å². The molecule has 19 heavy (non-hydrogen) atoms. The number of hydrogen-bond acceptors (Lipinski definition) is 5. The molecule has 9 heteroatoms. The molecule has 0 saturated heterocycles. The van der Waals surface area contributed by atoms with Crippen LogP contribution in [-0.2, 0) is 0 Å². The summed E-state index contributed by atoms with van der Waals surface area (Å²) in [5.41, 5.74) is 8.07. The standard InChI is InChI=1S/C10H11ClN4O4/c11-8-5-6(15(18)19)1-2-7(8)10(17)9(16)3-4-13-14-12/h1-2,5,9-10,16-17H,3-4H2. The summed E-state index contributed by atoms with van der Waals surface area (Å²) in [5, 5.41) is 33.3. The molecular formula is C10H11ClN4O4. The lowest BCUT2D eigenvalue weighted by Gasteiger charge is -2.18. The van der Waals surface area contributed by atoms with E-state index in [1.807, 2.05) is 0 Å². The SMILES string of the molecule is [N-]=[N+]=NCCC(O)C(O)c1ccc([N+](=O)[O-])cc1Cl. The molecule has 1 aromatic carbocycles. The van der Waals surface area contributed by atoms with Gasteiger partial charge in [-0.3, -0.25) is 10.1 Å². The third-order valence-corrected chi connectivity index (χ3v) is 2.79. The average Bonchev–Trinajstić information content (AvgIpc) is 2.37. The fraction of sp³-hybridized carbons (Fsp3) is 0.400. The monoisotopic (exact) mass is 286 g/mol. The maximum Gasteiger partial charge on any atom is 0.270 e. The number of halogens is 1. The van der Waals surface area contributed by atoms with E-state index in [0.717, 1.165) is 6.07 Å². The molecule has 2 unspecified atom stereocenters. The molecule has 0 spiro atoms. The van der Waals surface area contributed by atoms with Crippen molar-refractivity contribution in [1.82, 2.24) is 0 Å². The first-order chi connectivity index (χ1) is 8.97. The smallest absolute Gasteiger partial charge is 0.270 e. The molecule has 1 aromatic rings. The molecule has 2 atom stereocenters. The molecule has 0 aliphatic heterocycles. The summed E-state index contributed by atoms with van der Waals surface area (Å²) in [5.74, 6) is 0. The average molecular weight is 287 g/mol. The van der Waals surface area contributed by atoms with E-state index < -0.39 is 17.1 Å². The second-order valence-electron chi connectivity index (χ2n) is 3.72. The van der Waals surface area contributed by atoms with E-state index in [4.69, 9.17) is 17.1 Å². The van der Waals surface area contributed by atoms with Crippen LogP contribution in [0.25, 0.3) is 10.4 Å². The number of benzene rings is 1. The van der Waals surface area contributed by atoms with Gasteiger partial charge in [0.05, 0.1) is 16.0 Å². The number of aliphatic hydroxyl groups excluding tert-OH is 2. The zero-order valence-corrected chi connectivity index (χ0v) is 10.4. The largest absolute Gasteiger partial charge is 0.390 e. The maximum atomic E-state index is 10.5. The van der Waals surface area contributed by atoms with Crippen molar-refractivity contribution in [2.45, 2.75) is 18.6 Å². The van der Waals surface area contributed by atoms with Gasteiger partial charge in [-0.2, -0.15) is 0 Å². The number of nitro benzene ring substituents is 1. The predicted octanol–water partition coefficient (Wildman–Crippen LogP) is 2.34. The first-order valence-electron chi connectivity index (χ1n) is 5.28. The normalized spacial score (nSPS) is 13.4. The molecule has 0 aromatic heterocycles. The number of nitrogens with zero attached hydrogens (tertiary/aromatic N) is 4. The second kappa shape index (κ2) is 6.91. The fourth-order valence-electron chi connectivity index (χ4n) is 1.47. The van der Waals surface area contributed by atoms with E-state index in [1.54, 1.807) is 0 Å². The van der Waals surface area contributed by atoms with Crippen LogP contribution in [0.5, 0.6) is 0 Å². The molecule has 0 aliphatic rings. The minimum Gasteiger partial charge on any atom is -0.390 e. The molecule has 1 rings (SSSR count). The van der Waals surface area contributed by atoms with Crippen LogP contribution in [-0.4, -0.2) is 27.8 Å². The van der Waals surface area contributed by atoms with Gasteiger partial charge in [-0.1, -0.05) is 16.7 Å². The van der Waals surface area contributed by atoms with Crippen LogP contribution in [0.4, 0.5) is 5.69 Å². The maximum absolute atomic E-state index is 10.5. The molecule has 8 nitrogen and oxygen atoms in total. The Morgan fingerprint density at radius 3 is 2.74 bits per heavy atom. The highest BCUT2D eigenvalue weighted by atomic mass is 35.5. The van der Waals surface area contributed by atoms with Crippen LogP contribution in [0.15, 0.2) is 23.3 Å². The zero-order chi connectivity index (χ0) is 14.4. The molecular weight excluding hydrogens is 276 g/mol. The number of non-ortho nitro benzene ring substituents is 1. The number of azide groups is 1. The first kappa shape index (κ1) is 15.2. The van der Waals surface area contributed by atoms with E-state index in [2.05, 4.69) is 10.0 Å². The summed E-state index contributed by atoms with van der Waals surface area (Å²) in [6, 6.07) is 3.56. The molecule has 0 bridgehead atoms. The van der Waals surface area contributed by atoms with Crippen LogP contribution in [0, 0.1) is 10.1 Å². The van der Waals surface area contributed by atoms with Crippen LogP contribution in [0.1, 0.15) is 18.1 Å². The van der Waals surface area contributed by atoms with Gasteiger partial charge in [0.1, 0.15) is 6.10 Å². The molecule has 0 radical (unpaired) electrons. The lowest BCUT2D eigenvalue weighted by molar-refractivity contribution is -0.384. The predicted molar refractivity (Wildman–Crippen MR) is 67.7 cm³/mol. The Morgan fingerprint density at radius 2 is 2.21 bits per heavy atom. The molecule has 102 valence electrons. The van der Waals surface area contributed by atoms with Gasteiger partial charge in [0, 0.05) is 29.2 Å². The van der Waals surface area contributed by atoms with Crippen molar-refractivity contribution in [1.29, 1.82) is 0 Å². The Kier molecular flexibility index (Phi) is 5.53. The Morgan fingerprint density at radius 1 is 1.53 bits per heavy atom. The molecule has 0 amide bonds. The number of hydrogen-bond donors (Lipinski definition) is 2. The van der Waals surface area contributed by atoms with E-state index >= 15 is 0 Å². The number of nitro groups is 1. The zero-order valence-electron chi connectivity index (χ0n) is 9.68. The summed E-state index contributed by atoms with van der Waals surface area (Å²) in [6.07, 6.45) is -2.43. The Labute approximate surface area is 113 Å². The van der Waals surface area contributed by atoms with Gasteiger partial charge in [0.25, 0.3) is 5.69 Å². The van der Waals surface area contributed by atoms with Gasteiger partial charge in [0.15, 0.2) is 0 Å². The summed E-state index contributed by atoms with van der Waals surface area (Å²) < 4.78 is 0. The van der Waals surface area contributed by atoms with Gasteiger partial charge in [-0.15, -0.1) is 0 Å². The van der Waals surface area contributed by atoms with Crippen molar-refractivity contribution in [2.75, 3.05) is 6.54 Å². The number of rotatable bonds is 6. The van der Waals surface area contributed by atoms with E-state index in [0.29, 0.717) is 0 Å². The van der Waals surface area contributed by atoms with Crippen LogP contribution in [0.2, 0.25) is 5.02 Å².